The van der Waals surface area contributed by atoms with E-state index in [-0.39, 0.29) is 0 Å². The van der Waals surface area contributed by atoms with Crippen molar-refractivity contribution in [1.29, 1.82) is 0 Å². The van der Waals surface area contributed by atoms with E-state index < -0.39 is 0 Å². The highest BCUT2D eigenvalue weighted by Gasteiger charge is 2.03. The summed E-state index contributed by atoms with van der Waals surface area (Å²) in [6, 6.07) is 10.9. The molecule has 0 bridgehead atoms. The minimum Gasteiger partial charge on any atom is -0.351 e. The first-order valence-electron chi connectivity index (χ1n) is 3.72. The van der Waals surface area contributed by atoms with Gasteiger partial charge in [0.25, 0.3) is 0 Å². The SMILES string of the molecule is CCC([NH3+])c1ccccc1. The topological polar surface area (TPSA) is 27.6 Å². The third-order valence-electron chi connectivity index (χ3n) is 1.76. The molecule has 0 spiro atoms. The van der Waals surface area contributed by atoms with E-state index in [0.717, 1.165) is 6.42 Å². The van der Waals surface area contributed by atoms with Crippen molar-refractivity contribution in [2.45, 2.75) is 19.4 Å². The molecular weight excluding hydrogens is 122 g/mol. The Bertz CT molecular complexity index is 181. The Morgan fingerprint density at radius 2 is 1.90 bits per heavy atom. The van der Waals surface area contributed by atoms with Crippen molar-refractivity contribution in [1.82, 2.24) is 0 Å². The fourth-order valence-corrected chi connectivity index (χ4v) is 0.961. The van der Waals surface area contributed by atoms with Gasteiger partial charge in [0.05, 0.1) is 0 Å². The monoisotopic (exact) mass is 136 g/mol. The van der Waals surface area contributed by atoms with Crippen LogP contribution in [-0.4, -0.2) is 0 Å². The number of benzene rings is 1. The smallest absolute Gasteiger partial charge is 0.110 e. The average Bonchev–Trinajstić information content (AvgIpc) is 2.05. The normalized spacial score (nSPS) is 13.0. The van der Waals surface area contributed by atoms with Gasteiger partial charge in [-0.15, -0.1) is 0 Å². The molecule has 1 atom stereocenters. The minimum atomic E-state index is 0.459. The van der Waals surface area contributed by atoms with Crippen LogP contribution in [0.2, 0.25) is 0 Å². The van der Waals surface area contributed by atoms with Gasteiger partial charge in [-0.3, -0.25) is 0 Å². The molecule has 1 heteroatoms. The van der Waals surface area contributed by atoms with Gasteiger partial charge in [-0.1, -0.05) is 37.3 Å². The first kappa shape index (κ1) is 7.29. The lowest BCUT2D eigenvalue weighted by molar-refractivity contribution is -0.427. The molecule has 54 valence electrons. The van der Waals surface area contributed by atoms with E-state index in [1.54, 1.807) is 0 Å². The molecule has 0 aliphatic heterocycles. The molecule has 1 aromatic carbocycles. The van der Waals surface area contributed by atoms with Crippen LogP contribution in [-0.2, 0) is 0 Å². The summed E-state index contributed by atoms with van der Waals surface area (Å²) in [6.07, 6.45) is 1.12. The van der Waals surface area contributed by atoms with Crippen molar-refractivity contribution in [3.63, 3.8) is 0 Å². The maximum Gasteiger partial charge on any atom is 0.110 e. The summed E-state index contributed by atoms with van der Waals surface area (Å²) >= 11 is 0. The first-order valence-corrected chi connectivity index (χ1v) is 3.72. The first-order chi connectivity index (χ1) is 4.84. The quantitative estimate of drug-likeness (QED) is 0.636. The van der Waals surface area contributed by atoms with Crippen molar-refractivity contribution in [3.8, 4) is 0 Å². The van der Waals surface area contributed by atoms with E-state index in [0.29, 0.717) is 6.04 Å². The Labute approximate surface area is 61.9 Å². The Balaban J connectivity index is 2.75. The van der Waals surface area contributed by atoms with Crippen molar-refractivity contribution < 1.29 is 5.73 Å². The largest absolute Gasteiger partial charge is 0.351 e. The highest BCUT2D eigenvalue weighted by atomic mass is 14.6. The van der Waals surface area contributed by atoms with Crippen LogP contribution >= 0.6 is 0 Å². The predicted molar refractivity (Wildman–Crippen MR) is 42.4 cm³/mol. The third-order valence-corrected chi connectivity index (χ3v) is 1.76. The second-order valence-electron chi connectivity index (χ2n) is 2.52. The van der Waals surface area contributed by atoms with Crippen molar-refractivity contribution >= 4 is 0 Å². The second kappa shape index (κ2) is 3.37. The molecule has 0 heterocycles. The highest BCUT2D eigenvalue weighted by Crippen LogP contribution is 2.09. The van der Waals surface area contributed by atoms with Gasteiger partial charge in [0, 0.05) is 12.0 Å². The lowest BCUT2D eigenvalue weighted by atomic mass is 10.1. The fourth-order valence-electron chi connectivity index (χ4n) is 0.961. The molecule has 10 heavy (non-hydrogen) atoms. The van der Waals surface area contributed by atoms with Crippen molar-refractivity contribution in [3.05, 3.63) is 35.9 Å². The van der Waals surface area contributed by atoms with E-state index in [1.807, 2.05) is 6.07 Å². The van der Waals surface area contributed by atoms with Gasteiger partial charge in [-0.25, -0.2) is 0 Å². The Morgan fingerprint density at radius 1 is 1.30 bits per heavy atom. The maximum absolute atomic E-state index is 4.03. The van der Waals surface area contributed by atoms with Crippen molar-refractivity contribution in [2.24, 2.45) is 0 Å². The van der Waals surface area contributed by atoms with E-state index in [4.69, 9.17) is 0 Å². The van der Waals surface area contributed by atoms with Gasteiger partial charge in [0.15, 0.2) is 0 Å². The van der Waals surface area contributed by atoms with Gasteiger partial charge in [-0.2, -0.15) is 0 Å². The molecule has 1 unspecified atom stereocenters. The molecule has 0 fully saturated rings. The van der Waals surface area contributed by atoms with Gasteiger partial charge in [0.2, 0.25) is 0 Å². The molecule has 1 aromatic rings. The lowest BCUT2D eigenvalue weighted by Crippen LogP contribution is -2.53. The standard InChI is InChI=1S/C9H13N/c1-2-9(10)8-6-4-3-5-7-8/h3-7,9H,2,10H2,1H3/p+1. The molecule has 3 N–H and O–H groups in total. The molecule has 0 saturated heterocycles. The minimum absolute atomic E-state index is 0.459. The molecule has 0 radical (unpaired) electrons. The van der Waals surface area contributed by atoms with E-state index in [2.05, 4.69) is 36.9 Å². The number of hydrogen-bond donors (Lipinski definition) is 1. The Hall–Kier alpha value is -0.820. The van der Waals surface area contributed by atoms with Gasteiger partial charge >= 0.3 is 0 Å². The molecular formula is C9H14N+. The van der Waals surface area contributed by atoms with Crippen LogP contribution in [0.25, 0.3) is 0 Å². The van der Waals surface area contributed by atoms with Crippen LogP contribution in [0, 0.1) is 0 Å². The Kier molecular flexibility index (Phi) is 2.46. The van der Waals surface area contributed by atoms with Crippen molar-refractivity contribution in [2.75, 3.05) is 0 Å². The summed E-state index contributed by atoms with van der Waals surface area (Å²) < 4.78 is 0. The summed E-state index contributed by atoms with van der Waals surface area (Å²) in [6.45, 7) is 2.16. The van der Waals surface area contributed by atoms with Crippen LogP contribution in [0.4, 0.5) is 0 Å². The molecule has 0 aliphatic carbocycles. The van der Waals surface area contributed by atoms with E-state index in [1.165, 1.54) is 5.56 Å². The highest BCUT2D eigenvalue weighted by molar-refractivity contribution is 5.16. The number of rotatable bonds is 2. The zero-order valence-electron chi connectivity index (χ0n) is 6.38. The van der Waals surface area contributed by atoms with Crippen LogP contribution in [0.1, 0.15) is 24.9 Å². The predicted octanol–water partition coefficient (Wildman–Crippen LogP) is 1.38. The molecule has 1 rings (SSSR count). The molecule has 0 amide bonds. The van der Waals surface area contributed by atoms with Crippen LogP contribution < -0.4 is 5.73 Å². The molecule has 0 aliphatic rings. The zero-order valence-corrected chi connectivity index (χ0v) is 6.38. The van der Waals surface area contributed by atoms with E-state index in [9.17, 15) is 0 Å². The van der Waals surface area contributed by atoms with Crippen LogP contribution in [0.5, 0.6) is 0 Å². The summed E-state index contributed by atoms with van der Waals surface area (Å²) in [7, 11) is 0. The summed E-state index contributed by atoms with van der Waals surface area (Å²) in [5.41, 5.74) is 5.36. The second-order valence-corrected chi connectivity index (χ2v) is 2.52. The Morgan fingerprint density at radius 3 is 2.40 bits per heavy atom. The van der Waals surface area contributed by atoms with Gasteiger partial charge in [-0.05, 0) is 0 Å². The maximum atomic E-state index is 4.03. The summed E-state index contributed by atoms with van der Waals surface area (Å²) in [5.74, 6) is 0. The zero-order chi connectivity index (χ0) is 7.40. The average molecular weight is 136 g/mol. The van der Waals surface area contributed by atoms with E-state index >= 15 is 0 Å². The third kappa shape index (κ3) is 1.58. The lowest BCUT2D eigenvalue weighted by Gasteiger charge is -2.03. The fraction of sp³-hybridized carbons (Fsp3) is 0.333. The van der Waals surface area contributed by atoms with Gasteiger partial charge in [0.1, 0.15) is 6.04 Å². The molecule has 0 aromatic heterocycles. The molecule has 1 nitrogen and oxygen atoms in total. The van der Waals surface area contributed by atoms with Crippen LogP contribution in [0.15, 0.2) is 30.3 Å². The summed E-state index contributed by atoms with van der Waals surface area (Å²) in [5, 5.41) is 0. The van der Waals surface area contributed by atoms with Gasteiger partial charge < -0.3 is 5.73 Å². The molecule has 0 saturated carbocycles. The summed E-state index contributed by atoms with van der Waals surface area (Å²) in [4.78, 5) is 0. The van der Waals surface area contributed by atoms with Crippen LogP contribution in [0.3, 0.4) is 0 Å². The number of quaternary nitrogens is 1. The number of hydrogen-bond acceptors (Lipinski definition) is 0.